The highest BCUT2D eigenvalue weighted by atomic mass is 14.3. The van der Waals surface area contributed by atoms with Gasteiger partial charge >= 0.3 is 0 Å². The topological polar surface area (TPSA) is 0 Å². The van der Waals surface area contributed by atoms with Crippen LogP contribution in [0.25, 0.3) is 11.1 Å². The number of rotatable bonds is 0. The lowest BCUT2D eigenvalue weighted by molar-refractivity contribution is 1.06. The van der Waals surface area contributed by atoms with Crippen molar-refractivity contribution in [1.29, 1.82) is 0 Å². The number of fused-ring (bicyclic) bond motifs is 2. The molecular formula is C20H20. The Labute approximate surface area is 121 Å². The fourth-order valence-electron chi connectivity index (χ4n) is 3.86. The molecule has 100 valence electrons. The maximum Gasteiger partial charge on any atom is -0.0189 e. The van der Waals surface area contributed by atoms with Gasteiger partial charge in [0.25, 0.3) is 0 Å². The van der Waals surface area contributed by atoms with Crippen LogP contribution >= 0.6 is 0 Å². The Kier molecular flexibility index (Phi) is 2.60. The monoisotopic (exact) mass is 260 g/mol. The SMILES string of the molecule is Cc1ccc2c(c1)CC/C2=C1/CCc2cc(C)ccc21. The van der Waals surface area contributed by atoms with Gasteiger partial charge < -0.3 is 0 Å². The molecule has 0 spiro atoms. The first-order chi connectivity index (χ1) is 9.72. The van der Waals surface area contributed by atoms with Crippen LogP contribution in [0.3, 0.4) is 0 Å². The van der Waals surface area contributed by atoms with E-state index in [2.05, 4.69) is 50.2 Å². The molecule has 0 fully saturated rings. The van der Waals surface area contributed by atoms with E-state index in [1.54, 1.807) is 22.3 Å². The van der Waals surface area contributed by atoms with Crippen molar-refractivity contribution in [3.63, 3.8) is 0 Å². The molecule has 0 saturated carbocycles. The Balaban J connectivity index is 1.88. The number of hydrogen-bond donors (Lipinski definition) is 0. The summed E-state index contributed by atoms with van der Waals surface area (Å²) in [6.07, 6.45) is 4.89. The first-order valence-corrected chi connectivity index (χ1v) is 7.64. The molecule has 4 rings (SSSR count). The van der Waals surface area contributed by atoms with Crippen molar-refractivity contribution in [3.8, 4) is 0 Å². The maximum atomic E-state index is 2.37. The third-order valence-electron chi connectivity index (χ3n) is 4.82. The number of allylic oxidation sites excluding steroid dienone is 2. The highest BCUT2D eigenvalue weighted by Gasteiger charge is 2.24. The summed E-state index contributed by atoms with van der Waals surface area (Å²) in [5.41, 5.74) is 12.1. The molecule has 2 aromatic rings. The van der Waals surface area contributed by atoms with Gasteiger partial charge in [0.05, 0.1) is 0 Å². The maximum absolute atomic E-state index is 2.37. The Hall–Kier alpha value is -1.82. The second kappa shape index (κ2) is 4.34. The minimum Gasteiger partial charge on any atom is -0.0587 e. The minimum absolute atomic E-state index is 1.22. The van der Waals surface area contributed by atoms with Gasteiger partial charge in [-0.3, -0.25) is 0 Å². The largest absolute Gasteiger partial charge is 0.0587 e. The summed E-state index contributed by atoms with van der Waals surface area (Å²) in [6.45, 7) is 4.39. The lowest BCUT2D eigenvalue weighted by Gasteiger charge is -2.09. The minimum atomic E-state index is 1.22. The zero-order valence-corrected chi connectivity index (χ0v) is 12.3. The normalized spacial score (nSPS) is 20.1. The van der Waals surface area contributed by atoms with Gasteiger partial charge in [-0.25, -0.2) is 0 Å². The number of aryl methyl sites for hydroxylation is 4. The fourth-order valence-corrected chi connectivity index (χ4v) is 3.86. The molecule has 0 heteroatoms. The van der Waals surface area contributed by atoms with Crippen molar-refractivity contribution < 1.29 is 0 Å². The summed E-state index contributed by atoms with van der Waals surface area (Å²) < 4.78 is 0. The molecule has 0 aliphatic heterocycles. The van der Waals surface area contributed by atoms with E-state index >= 15 is 0 Å². The van der Waals surface area contributed by atoms with E-state index in [-0.39, 0.29) is 0 Å². The van der Waals surface area contributed by atoms with Crippen LogP contribution in [0.4, 0.5) is 0 Å². The Morgan fingerprint density at radius 1 is 0.600 bits per heavy atom. The van der Waals surface area contributed by atoms with Gasteiger partial charge in [-0.05, 0) is 72.9 Å². The first kappa shape index (κ1) is 12.0. The predicted octanol–water partition coefficient (Wildman–Crippen LogP) is 5.11. The molecule has 0 atom stereocenters. The standard InChI is InChI=1S/C20H20/c1-13-3-7-17-15(11-13)5-9-19(17)20-10-6-16-12-14(2)4-8-18(16)20/h3-4,7-8,11-12H,5-6,9-10H2,1-2H3/b20-19+. The first-order valence-electron chi connectivity index (χ1n) is 7.64. The van der Waals surface area contributed by atoms with Gasteiger partial charge in [-0.15, -0.1) is 0 Å². The van der Waals surface area contributed by atoms with Crippen molar-refractivity contribution in [1.82, 2.24) is 0 Å². The highest BCUT2D eigenvalue weighted by molar-refractivity contribution is 5.95. The zero-order valence-electron chi connectivity index (χ0n) is 12.3. The molecule has 0 radical (unpaired) electrons. The predicted molar refractivity (Wildman–Crippen MR) is 85.8 cm³/mol. The molecule has 0 aromatic heterocycles. The second-order valence-corrected chi connectivity index (χ2v) is 6.28. The Bertz CT molecular complexity index is 668. The Morgan fingerprint density at radius 2 is 1.05 bits per heavy atom. The highest BCUT2D eigenvalue weighted by Crippen LogP contribution is 2.43. The molecule has 0 saturated heterocycles. The lowest BCUT2D eigenvalue weighted by atomic mass is 9.96. The summed E-state index contributed by atoms with van der Waals surface area (Å²) >= 11 is 0. The van der Waals surface area contributed by atoms with Gasteiger partial charge in [0.1, 0.15) is 0 Å². The second-order valence-electron chi connectivity index (χ2n) is 6.28. The van der Waals surface area contributed by atoms with Crippen LogP contribution in [0.1, 0.15) is 46.2 Å². The van der Waals surface area contributed by atoms with Crippen molar-refractivity contribution in [2.45, 2.75) is 39.5 Å². The van der Waals surface area contributed by atoms with Gasteiger partial charge in [-0.2, -0.15) is 0 Å². The van der Waals surface area contributed by atoms with E-state index in [4.69, 9.17) is 0 Å². The zero-order chi connectivity index (χ0) is 13.7. The molecule has 0 unspecified atom stereocenters. The van der Waals surface area contributed by atoms with Crippen LogP contribution in [0.2, 0.25) is 0 Å². The molecule has 2 aliphatic carbocycles. The van der Waals surface area contributed by atoms with Crippen LogP contribution in [-0.2, 0) is 12.8 Å². The third-order valence-corrected chi connectivity index (χ3v) is 4.82. The summed E-state index contributed by atoms with van der Waals surface area (Å²) in [5.74, 6) is 0. The molecular weight excluding hydrogens is 240 g/mol. The molecule has 2 aliphatic rings. The Morgan fingerprint density at radius 3 is 1.50 bits per heavy atom. The van der Waals surface area contributed by atoms with Crippen molar-refractivity contribution in [3.05, 3.63) is 69.8 Å². The van der Waals surface area contributed by atoms with E-state index in [0.717, 1.165) is 0 Å². The fraction of sp³-hybridized carbons (Fsp3) is 0.300. The number of benzene rings is 2. The average molecular weight is 260 g/mol. The van der Waals surface area contributed by atoms with E-state index < -0.39 is 0 Å². The van der Waals surface area contributed by atoms with Crippen molar-refractivity contribution >= 4 is 11.1 Å². The van der Waals surface area contributed by atoms with Crippen molar-refractivity contribution in [2.24, 2.45) is 0 Å². The summed E-state index contributed by atoms with van der Waals surface area (Å²) in [4.78, 5) is 0. The molecule has 0 amide bonds. The third kappa shape index (κ3) is 1.75. The molecule has 0 N–H and O–H groups in total. The van der Waals surface area contributed by atoms with E-state index in [1.807, 2.05) is 0 Å². The summed E-state index contributed by atoms with van der Waals surface area (Å²) in [7, 11) is 0. The van der Waals surface area contributed by atoms with Crippen LogP contribution in [0, 0.1) is 13.8 Å². The van der Waals surface area contributed by atoms with Crippen LogP contribution < -0.4 is 0 Å². The molecule has 20 heavy (non-hydrogen) atoms. The smallest absolute Gasteiger partial charge is 0.0189 e. The molecule has 2 aromatic carbocycles. The summed E-state index contributed by atoms with van der Waals surface area (Å²) in [5, 5.41) is 0. The summed E-state index contributed by atoms with van der Waals surface area (Å²) in [6, 6.07) is 13.9. The van der Waals surface area contributed by atoms with Gasteiger partial charge in [-0.1, -0.05) is 47.5 Å². The van der Waals surface area contributed by atoms with Crippen LogP contribution in [-0.4, -0.2) is 0 Å². The quantitative estimate of drug-likeness (QED) is 0.617. The van der Waals surface area contributed by atoms with Gasteiger partial charge in [0.15, 0.2) is 0 Å². The molecule has 0 bridgehead atoms. The van der Waals surface area contributed by atoms with E-state index in [0.29, 0.717) is 0 Å². The number of hydrogen-bond acceptors (Lipinski definition) is 0. The lowest BCUT2D eigenvalue weighted by Crippen LogP contribution is -1.87. The molecule has 0 heterocycles. The van der Waals surface area contributed by atoms with Crippen molar-refractivity contribution in [2.75, 3.05) is 0 Å². The van der Waals surface area contributed by atoms with Gasteiger partial charge in [0.2, 0.25) is 0 Å². The van der Waals surface area contributed by atoms with E-state index in [1.165, 1.54) is 47.9 Å². The molecule has 0 nitrogen and oxygen atoms in total. The van der Waals surface area contributed by atoms with Gasteiger partial charge in [0, 0.05) is 0 Å². The average Bonchev–Trinajstić information content (AvgIpc) is 3.01. The van der Waals surface area contributed by atoms with E-state index in [9.17, 15) is 0 Å². The van der Waals surface area contributed by atoms with Crippen LogP contribution in [0.15, 0.2) is 36.4 Å². The van der Waals surface area contributed by atoms with Crippen LogP contribution in [0.5, 0.6) is 0 Å².